The molecule has 3 heteroatoms. The van der Waals surface area contributed by atoms with Crippen molar-refractivity contribution in [2.75, 3.05) is 19.8 Å². The van der Waals surface area contributed by atoms with Crippen LogP contribution in [0.4, 0.5) is 0 Å². The average Bonchev–Trinajstić information content (AvgIpc) is 2.31. The fraction of sp³-hybridized carbons (Fsp3) is 0.600. The van der Waals surface area contributed by atoms with Crippen LogP contribution in [0, 0.1) is 19.8 Å². The molecule has 0 saturated carbocycles. The second-order valence-electron chi connectivity index (χ2n) is 5.08. The van der Waals surface area contributed by atoms with Gasteiger partial charge in [0.25, 0.3) is 0 Å². The molecule has 0 spiro atoms. The highest BCUT2D eigenvalue weighted by atomic mass is 16.5. The number of rotatable bonds is 7. The molecule has 0 amide bonds. The van der Waals surface area contributed by atoms with E-state index in [2.05, 4.69) is 39.8 Å². The molecule has 0 aliphatic rings. The Morgan fingerprint density at radius 1 is 1.11 bits per heavy atom. The zero-order valence-corrected chi connectivity index (χ0v) is 12.0. The Morgan fingerprint density at radius 3 is 2.22 bits per heavy atom. The summed E-state index contributed by atoms with van der Waals surface area (Å²) >= 11 is 0. The van der Waals surface area contributed by atoms with Crippen molar-refractivity contribution in [1.82, 2.24) is 0 Å². The summed E-state index contributed by atoms with van der Waals surface area (Å²) in [4.78, 5) is 0. The Hall–Kier alpha value is -1.06. The van der Waals surface area contributed by atoms with Crippen molar-refractivity contribution in [1.29, 1.82) is 0 Å². The molecule has 0 atom stereocenters. The van der Waals surface area contributed by atoms with Gasteiger partial charge in [0, 0.05) is 13.2 Å². The lowest BCUT2D eigenvalue weighted by molar-refractivity contribution is 0.0815. The zero-order valence-electron chi connectivity index (χ0n) is 12.0. The van der Waals surface area contributed by atoms with E-state index in [0.717, 1.165) is 29.0 Å². The first-order valence-corrected chi connectivity index (χ1v) is 6.55. The quantitative estimate of drug-likeness (QED) is 0.758. The highest BCUT2D eigenvalue weighted by Crippen LogP contribution is 2.24. The van der Waals surface area contributed by atoms with E-state index in [1.54, 1.807) is 0 Å². The summed E-state index contributed by atoms with van der Waals surface area (Å²) in [5.41, 5.74) is 9.07. The second kappa shape index (κ2) is 7.39. The van der Waals surface area contributed by atoms with Crippen molar-refractivity contribution >= 4 is 0 Å². The van der Waals surface area contributed by atoms with Crippen LogP contribution in [0.3, 0.4) is 0 Å². The summed E-state index contributed by atoms with van der Waals surface area (Å²) < 4.78 is 11.3. The number of hydrogen-bond acceptors (Lipinski definition) is 3. The van der Waals surface area contributed by atoms with Gasteiger partial charge in [0.2, 0.25) is 0 Å². The van der Waals surface area contributed by atoms with E-state index >= 15 is 0 Å². The second-order valence-corrected chi connectivity index (χ2v) is 5.08. The highest BCUT2D eigenvalue weighted by molar-refractivity contribution is 5.43. The zero-order chi connectivity index (χ0) is 13.5. The maximum atomic E-state index is 5.78. The highest BCUT2D eigenvalue weighted by Gasteiger charge is 2.06. The molecule has 0 aliphatic heterocycles. The number of benzene rings is 1. The van der Waals surface area contributed by atoms with E-state index < -0.39 is 0 Å². The van der Waals surface area contributed by atoms with Gasteiger partial charge in [0.05, 0.1) is 6.61 Å². The lowest BCUT2D eigenvalue weighted by Gasteiger charge is -2.14. The molecule has 1 rings (SSSR count). The van der Waals surface area contributed by atoms with Crippen LogP contribution >= 0.6 is 0 Å². The first-order valence-electron chi connectivity index (χ1n) is 6.55. The standard InChI is InChI=1S/C15H25NO2/c1-11(2)10-17-5-6-18-15-12(3)7-14(9-16)8-13(15)4/h7-8,11H,5-6,9-10,16H2,1-4H3. The summed E-state index contributed by atoms with van der Waals surface area (Å²) in [5.74, 6) is 1.53. The minimum Gasteiger partial charge on any atom is -0.491 e. The summed E-state index contributed by atoms with van der Waals surface area (Å²) in [7, 11) is 0. The third kappa shape index (κ3) is 4.67. The van der Waals surface area contributed by atoms with Gasteiger partial charge in [-0.05, 0) is 36.5 Å². The molecule has 2 N–H and O–H groups in total. The minimum absolute atomic E-state index is 0.567. The van der Waals surface area contributed by atoms with E-state index in [1.807, 2.05) is 0 Å². The third-order valence-corrected chi connectivity index (χ3v) is 2.68. The van der Waals surface area contributed by atoms with Crippen LogP contribution < -0.4 is 10.5 Å². The van der Waals surface area contributed by atoms with Gasteiger partial charge < -0.3 is 15.2 Å². The van der Waals surface area contributed by atoms with Crippen LogP contribution in [0.25, 0.3) is 0 Å². The number of ether oxygens (including phenoxy) is 2. The summed E-state index contributed by atoms with van der Waals surface area (Å²) in [5, 5.41) is 0. The molecular weight excluding hydrogens is 226 g/mol. The Bertz CT molecular complexity index is 352. The molecule has 0 heterocycles. The molecule has 0 fully saturated rings. The lowest BCUT2D eigenvalue weighted by atomic mass is 10.1. The van der Waals surface area contributed by atoms with Gasteiger partial charge in [-0.2, -0.15) is 0 Å². The predicted octanol–water partition coefficient (Wildman–Crippen LogP) is 2.81. The fourth-order valence-electron chi connectivity index (χ4n) is 1.91. The monoisotopic (exact) mass is 251 g/mol. The fourth-order valence-corrected chi connectivity index (χ4v) is 1.91. The number of aryl methyl sites for hydroxylation is 2. The van der Waals surface area contributed by atoms with Gasteiger partial charge >= 0.3 is 0 Å². The van der Waals surface area contributed by atoms with Crippen LogP contribution in [0.1, 0.15) is 30.5 Å². The SMILES string of the molecule is Cc1cc(CN)cc(C)c1OCCOCC(C)C. The maximum Gasteiger partial charge on any atom is 0.125 e. The topological polar surface area (TPSA) is 44.5 Å². The van der Waals surface area contributed by atoms with E-state index in [9.17, 15) is 0 Å². The van der Waals surface area contributed by atoms with E-state index in [0.29, 0.717) is 25.7 Å². The largest absolute Gasteiger partial charge is 0.491 e. The van der Waals surface area contributed by atoms with Crippen LogP contribution in [0.2, 0.25) is 0 Å². The first-order chi connectivity index (χ1) is 8.54. The molecule has 3 nitrogen and oxygen atoms in total. The van der Waals surface area contributed by atoms with Gasteiger partial charge in [-0.1, -0.05) is 26.0 Å². The Balaban J connectivity index is 2.47. The molecule has 102 valence electrons. The Labute approximate surface area is 110 Å². The van der Waals surface area contributed by atoms with Gasteiger partial charge in [0.1, 0.15) is 12.4 Å². The molecule has 0 radical (unpaired) electrons. The molecular formula is C15H25NO2. The molecule has 18 heavy (non-hydrogen) atoms. The van der Waals surface area contributed by atoms with Crippen LogP contribution in [0.15, 0.2) is 12.1 Å². The Morgan fingerprint density at radius 2 is 1.72 bits per heavy atom. The van der Waals surface area contributed by atoms with Crippen molar-refractivity contribution < 1.29 is 9.47 Å². The normalized spacial score (nSPS) is 11.0. The number of nitrogens with two attached hydrogens (primary N) is 1. The van der Waals surface area contributed by atoms with Gasteiger partial charge in [-0.15, -0.1) is 0 Å². The molecule has 0 saturated heterocycles. The van der Waals surface area contributed by atoms with Crippen molar-refractivity contribution in [2.45, 2.75) is 34.2 Å². The summed E-state index contributed by atoms with van der Waals surface area (Å²) in [6.45, 7) is 11.0. The van der Waals surface area contributed by atoms with Crippen LogP contribution in [-0.2, 0) is 11.3 Å². The van der Waals surface area contributed by atoms with Crippen LogP contribution in [0.5, 0.6) is 5.75 Å². The number of hydrogen-bond donors (Lipinski definition) is 1. The van der Waals surface area contributed by atoms with Crippen LogP contribution in [-0.4, -0.2) is 19.8 Å². The van der Waals surface area contributed by atoms with Crippen molar-refractivity contribution in [3.05, 3.63) is 28.8 Å². The van der Waals surface area contributed by atoms with Crippen molar-refractivity contribution in [3.63, 3.8) is 0 Å². The third-order valence-electron chi connectivity index (χ3n) is 2.68. The van der Waals surface area contributed by atoms with Gasteiger partial charge in [0.15, 0.2) is 0 Å². The Kier molecular flexibility index (Phi) is 6.16. The smallest absolute Gasteiger partial charge is 0.125 e. The molecule has 1 aromatic carbocycles. The molecule has 0 bridgehead atoms. The van der Waals surface area contributed by atoms with Crippen molar-refractivity contribution in [2.24, 2.45) is 11.7 Å². The van der Waals surface area contributed by atoms with Crippen molar-refractivity contribution in [3.8, 4) is 5.75 Å². The minimum atomic E-state index is 0.567. The van der Waals surface area contributed by atoms with E-state index in [-0.39, 0.29) is 0 Å². The molecule has 0 unspecified atom stereocenters. The molecule has 0 aliphatic carbocycles. The average molecular weight is 251 g/mol. The van der Waals surface area contributed by atoms with E-state index in [4.69, 9.17) is 15.2 Å². The lowest BCUT2D eigenvalue weighted by Crippen LogP contribution is -2.11. The predicted molar refractivity (Wildman–Crippen MR) is 75.0 cm³/mol. The van der Waals surface area contributed by atoms with Gasteiger partial charge in [-0.25, -0.2) is 0 Å². The molecule has 0 aromatic heterocycles. The maximum absolute atomic E-state index is 5.78. The van der Waals surface area contributed by atoms with E-state index in [1.165, 1.54) is 0 Å². The summed E-state index contributed by atoms with van der Waals surface area (Å²) in [6.07, 6.45) is 0. The first kappa shape index (κ1) is 15.0. The summed E-state index contributed by atoms with van der Waals surface area (Å²) in [6, 6.07) is 4.16. The molecule has 1 aromatic rings. The van der Waals surface area contributed by atoms with Gasteiger partial charge in [-0.3, -0.25) is 0 Å².